The second-order valence-electron chi connectivity index (χ2n) is 5.00. The summed E-state index contributed by atoms with van der Waals surface area (Å²) in [5.74, 6) is 0.0977. The van der Waals surface area contributed by atoms with Crippen molar-refractivity contribution in [3.8, 4) is 5.75 Å². The highest BCUT2D eigenvalue weighted by Gasteiger charge is 2.21. The predicted molar refractivity (Wildman–Crippen MR) is 89.4 cm³/mol. The van der Waals surface area contributed by atoms with E-state index >= 15 is 0 Å². The monoisotopic (exact) mass is 358 g/mol. The molecule has 0 N–H and O–H groups in total. The Morgan fingerprint density at radius 2 is 1.68 bits per heavy atom. The number of rotatable bonds is 5. The lowest BCUT2D eigenvalue weighted by atomic mass is 10.1. The average Bonchev–Trinajstić information content (AvgIpc) is 2.36. The minimum atomic E-state index is -3.93. The lowest BCUT2D eigenvalue weighted by molar-refractivity contribution is 0.485. The summed E-state index contributed by atoms with van der Waals surface area (Å²) in [6.45, 7) is 3.92. The van der Waals surface area contributed by atoms with Gasteiger partial charge < -0.3 is 4.18 Å². The summed E-state index contributed by atoms with van der Waals surface area (Å²) < 4.78 is 30.2. The Morgan fingerprint density at radius 3 is 2.27 bits per heavy atom. The van der Waals surface area contributed by atoms with Crippen molar-refractivity contribution >= 4 is 33.3 Å². The Balaban J connectivity index is 2.42. The molecule has 0 aliphatic carbocycles. The van der Waals surface area contributed by atoms with Gasteiger partial charge in [0.05, 0.1) is 0 Å². The number of hydrogen-bond donors (Lipinski definition) is 0. The molecule has 0 radical (unpaired) electrons. The quantitative estimate of drug-likeness (QED) is 0.704. The Bertz CT molecular complexity index is 766. The maximum atomic E-state index is 12.5. The molecule has 0 fully saturated rings. The van der Waals surface area contributed by atoms with E-state index in [2.05, 4.69) is 0 Å². The highest BCUT2D eigenvalue weighted by Crippen LogP contribution is 2.28. The van der Waals surface area contributed by atoms with E-state index < -0.39 is 10.1 Å². The highest BCUT2D eigenvalue weighted by molar-refractivity contribution is 7.87. The van der Waals surface area contributed by atoms with Gasteiger partial charge in [-0.25, -0.2) is 0 Å². The molecule has 0 saturated heterocycles. The van der Waals surface area contributed by atoms with Gasteiger partial charge in [-0.05, 0) is 31.0 Å². The van der Waals surface area contributed by atoms with Crippen LogP contribution in [-0.4, -0.2) is 8.42 Å². The topological polar surface area (TPSA) is 43.4 Å². The molecule has 0 atom stereocenters. The summed E-state index contributed by atoms with van der Waals surface area (Å²) in [6, 6.07) is 9.53. The van der Waals surface area contributed by atoms with Gasteiger partial charge in [-0.3, -0.25) is 0 Å². The van der Waals surface area contributed by atoms with Gasteiger partial charge in [-0.1, -0.05) is 54.2 Å². The second-order valence-corrected chi connectivity index (χ2v) is 7.39. The van der Waals surface area contributed by atoms with E-state index in [1.165, 1.54) is 18.2 Å². The van der Waals surface area contributed by atoms with Crippen molar-refractivity contribution in [2.24, 2.45) is 0 Å². The number of aryl methyl sites for hydroxylation is 2. The van der Waals surface area contributed by atoms with Crippen molar-refractivity contribution in [1.29, 1.82) is 0 Å². The Morgan fingerprint density at radius 1 is 1.05 bits per heavy atom. The molecule has 0 unspecified atom stereocenters. The van der Waals surface area contributed by atoms with E-state index in [9.17, 15) is 8.42 Å². The molecule has 0 heterocycles. The van der Waals surface area contributed by atoms with Crippen LogP contribution in [0.5, 0.6) is 5.75 Å². The number of hydrogen-bond acceptors (Lipinski definition) is 3. The maximum absolute atomic E-state index is 12.5. The van der Waals surface area contributed by atoms with Crippen LogP contribution in [0.2, 0.25) is 10.0 Å². The van der Waals surface area contributed by atoms with E-state index in [1.54, 1.807) is 12.1 Å². The fourth-order valence-corrected chi connectivity index (χ4v) is 3.83. The summed E-state index contributed by atoms with van der Waals surface area (Å²) in [4.78, 5) is 0.177. The second kappa shape index (κ2) is 6.90. The summed E-state index contributed by atoms with van der Waals surface area (Å²) in [5, 5.41) is 0.630. The first-order chi connectivity index (χ1) is 10.3. The van der Waals surface area contributed by atoms with Crippen molar-refractivity contribution < 1.29 is 12.6 Å². The molecule has 2 rings (SSSR count). The van der Waals surface area contributed by atoms with Crippen LogP contribution in [0.15, 0.2) is 41.3 Å². The third kappa shape index (κ3) is 4.15. The van der Waals surface area contributed by atoms with Crippen LogP contribution in [0.3, 0.4) is 0 Å². The predicted octanol–water partition coefficient (Wildman–Crippen LogP) is 5.02. The van der Waals surface area contributed by atoms with E-state index in [0.717, 1.165) is 17.5 Å². The first kappa shape index (κ1) is 17.1. The van der Waals surface area contributed by atoms with Crippen LogP contribution < -0.4 is 4.18 Å². The molecule has 2 aromatic carbocycles. The molecule has 118 valence electrons. The number of halogens is 2. The van der Waals surface area contributed by atoms with Crippen LogP contribution in [-0.2, 0) is 16.5 Å². The molecule has 0 saturated carbocycles. The van der Waals surface area contributed by atoms with Gasteiger partial charge in [0, 0.05) is 22.2 Å². The lowest BCUT2D eigenvalue weighted by Gasteiger charge is -2.12. The Hall–Kier alpha value is -1.23. The molecule has 0 amide bonds. The van der Waals surface area contributed by atoms with Gasteiger partial charge in [-0.2, -0.15) is 8.42 Å². The summed E-state index contributed by atoms with van der Waals surface area (Å²) >= 11 is 11.7. The van der Waals surface area contributed by atoms with Gasteiger partial charge in [0.1, 0.15) is 10.6 Å². The fraction of sp³-hybridized carbons (Fsp3) is 0.250. The van der Waals surface area contributed by atoms with Crippen molar-refractivity contribution in [3.63, 3.8) is 0 Å². The van der Waals surface area contributed by atoms with Crippen LogP contribution in [0.1, 0.15) is 24.5 Å². The molecule has 3 nitrogen and oxygen atoms in total. The lowest BCUT2D eigenvalue weighted by Crippen LogP contribution is -2.12. The van der Waals surface area contributed by atoms with Gasteiger partial charge >= 0.3 is 10.1 Å². The van der Waals surface area contributed by atoms with E-state index in [4.69, 9.17) is 27.4 Å². The highest BCUT2D eigenvalue weighted by atomic mass is 35.5. The van der Waals surface area contributed by atoms with Crippen molar-refractivity contribution in [2.45, 2.75) is 31.6 Å². The van der Waals surface area contributed by atoms with Crippen molar-refractivity contribution in [3.05, 3.63) is 57.6 Å². The molecule has 0 aliphatic heterocycles. The Labute approximate surface area is 141 Å². The summed E-state index contributed by atoms with van der Waals surface area (Å²) in [5.41, 5.74) is 1.75. The molecule has 22 heavy (non-hydrogen) atoms. The minimum absolute atomic E-state index is 0.0977. The zero-order chi connectivity index (χ0) is 16.3. The summed E-state index contributed by atoms with van der Waals surface area (Å²) in [6.07, 6.45) is 1.50. The maximum Gasteiger partial charge on any atom is 0.339 e. The molecule has 0 spiro atoms. The minimum Gasteiger partial charge on any atom is -0.379 e. The van der Waals surface area contributed by atoms with E-state index in [-0.39, 0.29) is 10.6 Å². The molecular weight excluding hydrogens is 343 g/mol. The summed E-state index contributed by atoms with van der Waals surface area (Å²) in [7, 11) is -3.93. The van der Waals surface area contributed by atoms with Gasteiger partial charge in [0.2, 0.25) is 0 Å². The molecule has 0 aromatic heterocycles. The molecule has 6 heteroatoms. The van der Waals surface area contributed by atoms with Crippen LogP contribution in [0, 0.1) is 6.92 Å². The van der Waals surface area contributed by atoms with Gasteiger partial charge in [-0.15, -0.1) is 0 Å². The first-order valence-electron chi connectivity index (χ1n) is 6.82. The van der Waals surface area contributed by atoms with Gasteiger partial charge in [0.25, 0.3) is 0 Å². The van der Waals surface area contributed by atoms with E-state index in [0.29, 0.717) is 16.5 Å². The third-order valence-corrected chi connectivity index (χ3v) is 4.83. The fourth-order valence-electron chi connectivity index (χ4n) is 2.17. The molecule has 0 aliphatic rings. The first-order valence-corrected chi connectivity index (χ1v) is 8.98. The molecule has 2 aromatic rings. The van der Waals surface area contributed by atoms with E-state index in [1.807, 2.05) is 19.9 Å². The van der Waals surface area contributed by atoms with Crippen LogP contribution in [0.25, 0.3) is 0 Å². The zero-order valence-corrected chi connectivity index (χ0v) is 14.6. The average molecular weight is 359 g/mol. The Kier molecular flexibility index (Phi) is 5.37. The van der Waals surface area contributed by atoms with Crippen LogP contribution >= 0.6 is 23.2 Å². The molecular formula is C16H16Cl2O3S. The van der Waals surface area contributed by atoms with Crippen molar-refractivity contribution in [1.82, 2.24) is 0 Å². The van der Waals surface area contributed by atoms with Gasteiger partial charge in [0.15, 0.2) is 0 Å². The normalized spacial score (nSPS) is 11.5. The van der Waals surface area contributed by atoms with Crippen LogP contribution in [0.4, 0.5) is 0 Å². The standard InChI is InChI=1S/C16H16Cl2O3S/c1-3-4-12-7-11(2)5-6-16(12)22(19,20)21-15-9-13(17)8-14(18)10-15/h5-10H,3-4H2,1-2H3. The zero-order valence-electron chi connectivity index (χ0n) is 12.3. The SMILES string of the molecule is CCCc1cc(C)ccc1S(=O)(=O)Oc1cc(Cl)cc(Cl)c1. The smallest absolute Gasteiger partial charge is 0.339 e. The number of benzene rings is 2. The van der Waals surface area contributed by atoms with Crippen molar-refractivity contribution in [2.75, 3.05) is 0 Å². The largest absolute Gasteiger partial charge is 0.379 e. The molecule has 0 bridgehead atoms. The third-order valence-electron chi connectivity index (χ3n) is 3.05.